The molecule has 0 aromatic carbocycles. The maximum Gasteiger partial charge on any atom is 0.0679 e. The summed E-state index contributed by atoms with van der Waals surface area (Å²) in [5.74, 6) is 0. The lowest BCUT2D eigenvalue weighted by Gasteiger charge is -2.13. The van der Waals surface area contributed by atoms with Crippen molar-refractivity contribution in [1.29, 1.82) is 0 Å². The SMILES string of the molecule is OCCCCN1CC[C@@H](O)C1. The molecule has 0 radical (unpaired) electrons. The highest BCUT2D eigenvalue weighted by atomic mass is 16.3. The van der Waals surface area contributed by atoms with E-state index in [-0.39, 0.29) is 12.7 Å². The van der Waals surface area contributed by atoms with E-state index >= 15 is 0 Å². The molecule has 0 bridgehead atoms. The van der Waals surface area contributed by atoms with Gasteiger partial charge in [0, 0.05) is 19.7 Å². The highest BCUT2D eigenvalue weighted by molar-refractivity contribution is 4.73. The van der Waals surface area contributed by atoms with Gasteiger partial charge in [0.05, 0.1) is 6.10 Å². The van der Waals surface area contributed by atoms with Crippen LogP contribution in [0.1, 0.15) is 19.3 Å². The molecule has 1 aliphatic heterocycles. The number of rotatable bonds is 4. The van der Waals surface area contributed by atoms with Gasteiger partial charge < -0.3 is 15.1 Å². The van der Waals surface area contributed by atoms with Crippen molar-refractivity contribution in [2.24, 2.45) is 0 Å². The van der Waals surface area contributed by atoms with Gasteiger partial charge in [-0.05, 0) is 25.8 Å². The molecule has 0 aliphatic carbocycles. The summed E-state index contributed by atoms with van der Waals surface area (Å²) in [6, 6.07) is 0. The number of nitrogens with zero attached hydrogens (tertiary/aromatic N) is 1. The molecule has 1 heterocycles. The van der Waals surface area contributed by atoms with Gasteiger partial charge in [0.15, 0.2) is 0 Å². The van der Waals surface area contributed by atoms with Crippen molar-refractivity contribution >= 4 is 0 Å². The molecule has 1 aliphatic rings. The topological polar surface area (TPSA) is 43.7 Å². The van der Waals surface area contributed by atoms with Crippen LogP contribution < -0.4 is 0 Å². The molecule has 0 spiro atoms. The minimum atomic E-state index is -0.107. The first-order chi connectivity index (χ1) is 5.33. The largest absolute Gasteiger partial charge is 0.396 e. The average molecular weight is 159 g/mol. The summed E-state index contributed by atoms with van der Waals surface area (Å²) in [7, 11) is 0. The van der Waals surface area contributed by atoms with Crippen LogP contribution in [0.15, 0.2) is 0 Å². The van der Waals surface area contributed by atoms with Gasteiger partial charge in [-0.25, -0.2) is 0 Å². The number of hydrogen-bond donors (Lipinski definition) is 2. The number of likely N-dealkylation sites (tertiary alicyclic amines) is 1. The predicted molar refractivity (Wildman–Crippen MR) is 43.4 cm³/mol. The molecule has 1 fully saturated rings. The quantitative estimate of drug-likeness (QED) is 0.559. The number of β-amino-alcohol motifs (C(OH)–C–C–N with tert-alkyl or cyclic N) is 1. The van der Waals surface area contributed by atoms with Gasteiger partial charge in [-0.15, -0.1) is 0 Å². The zero-order chi connectivity index (χ0) is 8.10. The highest BCUT2D eigenvalue weighted by Gasteiger charge is 2.18. The lowest BCUT2D eigenvalue weighted by atomic mass is 10.3. The Labute approximate surface area is 67.6 Å². The molecule has 0 amide bonds. The Morgan fingerprint density at radius 1 is 1.36 bits per heavy atom. The summed E-state index contributed by atoms with van der Waals surface area (Å²) in [6.07, 6.45) is 2.73. The first-order valence-electron chi connectivity index (χ1n) is 4.34. The maximum atomic E-state index is 9.17. The van der Waals surface area contributed by atoms with Gasteiger partial charge in [-0.1, -0.05) is 0 Å². The molecule has 1 saturated heterocycles. The Morgan fingerprint density at radius 2 is 2.18 bits per heavy atom. The highest BCUT2D eigenvalue weighted by Crippen LogP contribution is 2.08. The molecule has 2 N–H and O–H groups in total. The normalized spacial score (nSPS) is 26.2. The van der Waals surface area contributed by atoms with E-state index in [9.17, 15) is 0 Å². The van der Waals surface area contributed by atoms with Crippen molar-refractivity contribution in [3.05, 3.63) is 0 Å². The van der Waals surface area contributed by atoms with E-state index in [1.165, 1.54) is 0 Å². The lowest BCUT2D eigenvalue weighted by molar-refractivity contribution is 0.174. The Kier molecular flexibility index (Phi) is 3.83. The minimum Gasteiger partial charge on any atom is -0.396 e. The van der Waals surface area contributed by atoms with E-state index in [0.29, 0.717) is 0 Å². The third-order valence-electron chi connectivity index (χ3n) is 2.13. The van der Waals surface area contributed by atoms with Crippen LogP contribution in [0.25, 0.3) is 0 Å². The Balaban J connectivity index is 1.99. The summed E-state index contributed by atoms with van der Waals surface area (Å²) in [5, 5.41) is 17.7. The molecule has 1 atom stereocenters. The van der Waals surface area contributed by atoms with Gasteiger partial charge in [0.25, 0.3) is 0 Å². The molecular formula is C8H17NO2. The van der Waals surface area contributed by atoms with Crippen LogP contribution in [-0.4, -0.2) is 47.5 Å². The summed E-state index contributed by atoms with van der Waals surface area (Å²) >= 11 is 0. The van der Waals surface area contributed by atoms with Crippen molar-refractivity contribution in [2.75, 3.05) is 26.2 Å². The van der Waals surface area contributed by atoms with E-state index in [0.717, 1.165) is 38.9 Å². The van der Waals surface area contributed by atoms with Crippen molar-refractivity contribution in [2.45, 2.75) is 25.4 Å². The molecule has 0 unspecified atom stereocenters. The smallest absolute Gasteiger partial charge is 0.0679 e. The Bertz CT molecular complexity index is 108. The average Bonchev–Trinajstić information content (AvgIpc) is 2.37. The van der Waals surface area contributed by atoms with Crippen LogP contribution in [0, 0.1) is 0 Å². The zero-order valence-electron chi connectivity index (χ0n) is 6.87. The molecule has 3 heteroatoms. The summed E-state index contributed by atoms with van der Waals surface area (Å²) in [5.41, 5.74) is 0. The van der Waals surface area contributed by atoms with E-state index in [4.69, 9.17) is 10.2 Å². The number of unbranched alkanes of at least 4 members (excludes halogenated alkanes) is 1. The van der Waals surface area contributed by atoms with E-state index in [2.05, 4.69) is 4.90 Å². The summed E-state index contributed by atoms with van der Waals surface area (Å²) in [6.45, 7) is 3.16. The maximum absolute atomic E-state index is 9.17. The number of aliphatic hydroxyl groups excluding tert-OH is 2. The van der Waals surface area contributed by atoms with Gasteiger partial charge in [-0.2, -0.15) is 0 Å². The lowest BCUT2D eigenvalue weighted by Crippen LogP contribution is -2.23. The van der Waals surface area contributed by atoms with Gasteiger partial charge in [-0.3, -0.25) is 0 Å². The third-order valence-corrected chi connectivity index (χ3v) is 2.13. The van der Waals surface area contributed by atoms with Crippen LogP contribution in [0.5, 0.6) is 0 Å². The van der Waals surface area contributed by atoms with Gasteiger partial charge >= 0.3 is 0 Å². The second-order valence-electron chi connectivity index (χ2n) is 3.17. The fourth-order valence-electron chi connectivity index (χ4n) is 1.46. The zero-order valence-corrected chi connectivity index (χ0v) is 6.87. The van der Waals surface area contributed by atoms with Crippen LogP contribution in [0.4, 0.5) is 0 Å². The predicted octanol–water partition coefficient (Wildman–Crippen LogP) is -0.175. The molecule has 0 saturated carbocycles. The molecule has 0 aromatic heterocycles. The van der Waals surface area contributed by atoms with Crippen molar-refractivity contribution < 1.29 is 10.2 Å². The Hall–Kier alpha value is -0.120. The van der Waals surface area contributed by atoms with E-state index < -0.39 is 0 Å². The third kappa shape index (κ3) is 3.18. The molecule has 0 aromatic rings. The van der Waals surface area contributed by atoms with Crippen LogP contribution in [0.3, 0.4) is 0 Å². The first kappa shape index (κ1) is 8.97. The van der Waals surface area contributed by atoms with Crippen LogP contribution in [-0.2, 0) is 0 Å². The second kappa shape index (κ2) is 4.70. The summed E-state index contributed by atoms with van der Waals surface area (Å²) < 4.78 is 0. The van der Waals surface area contributed by atoms with Crippen molar-refractivity contribution in [3.63, 3.8) is 0 Å². The molecule has 1 rings (SSSR count). The summed E-state index contributed by atoms with van der Waals surface area (Å²) in [4.78, 5) is 2.25. The monoisotopic (exact) mass is 159 g/mol. The molecule has 66 valence electrons. The fourth-order valence-corrected chi connectivity index (χ4v) is 1.46. The molecule has 11 heavy (non-hydrogen) atoms. The Morgan fingerprint density at radius 3 is 2.73 bits per heavy atom. The minimum absolute atomic E-state index is 0.107. The van der Waals surface area contributed by atoms with Crippen LogP contribution in [0.2, 0.25) is 0 Å². The van der Waals surface area contributed by atoms with E-state index in [1.54, 1.807) is 0 Å². The second-order valence-corrected chi connectivity index (χ2v) is 3.17. The van der Waals surface area contributed by atoms with Gasteiger partial charge in [0.2, 0.25) is 0 Å². The first-order valence-corrected chi connectivity index (χ1v) is 4.34. The van der Waals surface area contributed by atoms with Crippen molar-refractivity contribution in [3.8, 4) is 0 Å². The molecule has 3 nitrogen and oxygen atoms in total. The number of hydrogen-bond acceptors (Lipinski definition) is 3. The van der Waals surface area contributed by atoms with Crippen molar-refractivity contribution in [1.82, 2.24) is 4.90 Å². The fraction of sp³-hybridized carbons (Fsp3) is 1.00. The van der Waals surface area contributed by atoms with Gasteiger partial charge in [0.1, 0.15) is 0 Å². The molecular weight excluding hydrogens is 142 g/mol. The van der Waals surface area contributed by atoms with Crippen LogP contribution >= 0.6 is 0 Å². The standard InChI is InChI=1S/C8H17NO2/c10-6-2-1-4-9-5-3-8(11)7-9/h8,10-11H,1-7H2/t8-/m1/s1. The number of aliphatic hydroxyl groups is 2. The van der Waals surface area contributed by atoms with E-state index in [1.807, 2.05) is 0 Å².